The molecule has 226 valence electrons. The Kier molecular flexibility index (Phi) is 3.19. The van der Waals surface area contributed by atoms with E-state index in [2.05, 4.69) is 0 Å². The van der Waals surface area contributed by atoms with Crippen molar-refractivity contribution in [2.75, 3.05) is 4.90 Å². The van der Waals surface area contributed by atoms with Crippen molar-refractivity contribution in [3.05, 3.63) is 188 Å². The lowest BCUT2D eigenvalue weighted by Gasteiger charge is -2.26. The fraction of sp³-hybridized carbons (Fsp3) is 0. The van der Waals surface area contributed by atoms with Gasteiger partial charge in [-0.15, -0.1) is 0 Å². The van der Waals surface area contributed by atoms with Crippen LogP contribution in [0.3, 0.4) is 0 Å². The molecule has 0 saturated carbocycles. The van der Waals surface area contributed by atoms with Crippen LogP contribution >= 0.6 is 0 Å². The number of nitrogens with zero attached hydrogens (tertiary/aromatic N) is 1. The number of fused-ring (bicyclic) bond motifs is 5. The number of anilines is 3. The van der Waals surface area contributed by atoms with Crippen molar-refractivity contribution >= 4 is 49.8 Å². The van der Waals surface area contributed by atoms with Crippen molar-refractivity contribution in [3.8, 4) is 33.4 Å². The number of para-hydroxylation sites is 1. The minimum Gasteiger partial charge on any atom is -0.455 e. The monoisotopic (exact) mass is 636 g/mol. The third-order valence-electron chi connectivity index (χ3n) is 7.66. The quantitative estimate of drug-likeness (QED) is 0.181. The van der Waals surface area contributed by atoms with Gasteiger partial charge in [0.15, 0.2) is 0 Å². The molecule has 48 heavy (non-hydrogen) atoms. The molecule has 1 aromatic heterocycles. The van der Waals surface area contributed by atoms with Crippen LogP contribution in [0.25, 0.3) is 66.1 Å². The fourth-order valence-electron chi connectivity index (χ4n) is 5.60. The first-order valence-electron chi connectivity index (χ1n) is 26.0. The van der Waals surface area contributed by atoms with Crippen LogP contribution in [0.2, 0.25) is 0 Å². The Bertz CT molecular complexity index is 3740. The summed E-state index contributed by atoms with van der Waals surface area (Å²) in [6.07, 6.45) is 0. The highest BCUT2D eigenvalue weighted by molar-refractivity contribution is 6.22. The summed E-state index contributed by atoms with van der Waals surface area (Å²) in [5, 5.41) is 1.07. The zero-order valence-electron chi connectivity index (χ0n) is 47.5. The van der Waals surface area contributed by atoms with E-state index in [1.165, 1.54) is 24.3 Å². The molecule has 0 aliphatic heterocycles. The van der Waals surface area contributed by atoms with Crippen LogP contribution in [0.15, 0.2) is 192 Å². The highest BCUT2D eigenvalue weighted by atomic mass is 16.3. The molecule has 8 aromatic carbocycles. The Morgan fingerprint density at radius 3 is 1.60 bits per heavy atom. The van der Waals surface area contributed by atoms with E-state index in [1.54, 1.807) is 24.3 Å². The molecule has 2 nitrogen and oxygen atoms in total. The Morgan fingerprint density at radius 2 is 0.958 bits per heavy atom. The van der Waals surface area contributed by atoms with Crippen molar-refractivity contribution in [1.29, 1.82) is 0 Å². The first-order valence-corrected chi connectivity index (χ1v) is 14.5. The van der Waals surface area contributed by atoms with Gasteiger partial charge in [0, 0.05) is 22.1 Å². The van der Waals surface area contributed by atoms with Crippen molar-refractivity contribution < 1.29 is 35.9 Å². The van der Waals surface area contributed by atoms with E-state index >= 15 is 0 Å². The number of rotatable bonds is 6. The molecule has 9 rings (SSSR count). The van der Waals surface area contributed by atoms with Gasteiger partial charge in [0.05, 0.1) is 42.6 Å². The highest BCUT2D eigenvalue weighted by Crippen LogP contribution is 2.46. The van der Waals surface area contributed by atoms with Crippen LogP contribution in [-0.2, 0) is 0 Å². The Hall–Kier alpha value is -6.38. The minimum atomic E-state index is -0.978. The molecule has 9 aromatic rings. The lowest BCUT2D eigenvalue weighted by molar-refractivity contribution is 0.672. The molecule has 1 heterocycles. The Morgan fingerprint density at radius 1 is 0.438 bits per heavy atom. The van der Waals surface area contributed by atoms with E-state index in [0.29, 0.717) is 10.8 Å². The molecular weight excluding hydrogens is 583 g/mol. The van der Waals surface area contributed by atoms with Gasteiger partial charge in [-0.25, -0.2) is 0 Å². The summed E-state index contributed by atoms with van der Waals surface area (Å²) in [5.74, 6) is 0. The third-order valence-corrected chi connectivity index (χ3v) is 7.66. The molecule has 0 aliphatic carbocycles. The molecule has 0 fully saturated rings. The van der Waals surface area contributed by atoms with E-state index in [1.807, 2.05) is 0 Å². The standard InChI is InChI=1S/C46H31NO/c1-4-13-32(14-5-1)33-23-25-34(26-24-33)35-27-29-38(30-28-35)47(37-17-8-3-9-18-37)43-21-12-22-44-45(43)42-31-41(36-15-6-2-7-16-36)39-19-10-11-20-40(39)46(42)48-44/h1-31H/i1D,2D,3D,4D,5D,6D,7D,8D,9D,13D,14D,15D,16D,17D,18D,23D,24D,25D,26D,27D,28D,29D,30D. The van der Waals surface area contributed by atoms with E-state index in [4.69, 9.17) is 30.5 Å². The van der Waals surface area contributed by atoms with Crippen LogP contribution in [0.5, 0.6) is 0 Å². The third kappa shape index (κ3) is 4.83. The number of benzene rings is 8. The van der Waals surface area contributed by atoms with Gasteiger partial charge < -0.3 is 9.32 Å². The van der Waals surface area contributed by atoms with Crippen LogP contribution in [0.1, 0.15) is 31.5 Å². The summed E-state index contributed by atoms with van der Waals surface area (Å²) in [5.41, 5.74) is -4.16. The van der Waals surface area contributed by atoms with Crippen LogP contribution in [0, 0.1) is 0 Å². The summed E-state index contributed by atoms with van der Waals surface area (Å²) in [4.78, 5) is 0.915. The smallest absolute Gasteiger partial charge is 0.143 e. The topological polar surface area (TPSA) is 16.4 Å². The van der Waals surface area contributed by atoms with Gasteiger partial charge in [-0.1, -0.05) is 145 Å². The van der Waals surface area contributed by atoms with Gasteiger partial charge in [0.25, 0.3) is 0 Å². The van der Waals surface area contributed by atoms with Crippen molar-refractivity contribution in [3.63, 3.8) is 0 Å². The van der Waals surface area contributed by atoms with Crippen LogP contribution < -0.4 is 4.90 Å². The summed E-state index contributed by atoms with van der Waals surface area (Å²) in [7, 11) is 0. The molecule has 0 N–H and O–H groups in total. The summed E-state index contributed by atoms with van der Waals surface area (Å²) >= 11 is 0. The molecule has 0 aliphatic rings. The first kappa shape index (κ1) is 13.0. The predicted octanol–water partition coefficient (Wildman–Crippen LogP) is 13.2. The van der Waals surface area contributed by atoms with Gasteiger partial charge in [-0.2, -0.15) is 0 Å². The second-order valence-electron chi connectivity index (χ2n) is 10.4. The number of hydrogen-bond donors (Lipinski definition) is 0. The fourth-order valence-corrected chi connectivity index (χ4v) is 5.60. The summed E-state index contributed by atoms with van der Waals surface area (Å²) in [6.45, 7) is 0. The zero-order chi connectivity index (χ0) is 51.9. The molecule has 0 saturated heterocycles. The van der Waals surface area contributed by atoms with Gasteiger partial charge in [0.2, 0.25) is 0 Å². The SMILES string of the molecule is [2H]c1c([2H])c([2H])c(-c2c([2H])c([2H])c(-c3c([2H])c([2H])c(N(c4c([2H])c([2H])c([2H])c([2H])c4[2H])c4cccc5oc6c7ccccc7c(-c7c([2H])c([2H])c([2H])c([2H])c7[2H])cc6c45)c([2H])c3[2H])c([2H])c2[2H])c([2H])c1[2H]. The van der Waals surface area contributed by atoms with Crippen molar-refractivity contribution in [2.24, 2.45) is 0 Å². The number of furan rings is 1. The van der Waals surface area contributed by atoms with E-state index < -0.39 is 173 Å². The second-order valence-corrected chi connectivity index (χ2v) is 10.4. The average molecular weight is 637 g/mol. The van der Waals surface area contributed by atoms with Gasteiger partial charge in [-0.3, -0.25) is 0 Å². The van der Waals surface area contributed by atoms with Crippen molar-refractivity contribution in [1.82, 2.24) is 0 Å². The molecule has 0 spiro atoms. The van der Waals surface area contributed by atoms with Gasteiger partial charge >= 0.3 is 0 Å². The minimum absolute atomic E-state index is 0.0768. The largest absolute Gasteiger partial charge is 0.455 e. The Balaban J connectivity index is 1.39. The molecule has 0 atom stereocenters. The molecule has 0 radical (unpaired) electrons. The zero-order valence-corrected chi connectivity index (χ0v) is 24.5. The maximum Gasteiger partial charge on any atom is 0.143 e. The van der Waals surface area contributed by atoms with E-state index in [0.717, 1.165) is 4.90 Å². The highest BCUT2D eigenvalue weighted by Gasteiger charge is 2.21. The molecular formula is C46H31NO. The summed E-state index contributed by atoms with van der Waals surface area (Å²) < 4.78 is 208. The Labute approximate surface area is 312 Å². The number of hydrogen-bond acceptors (Lipinski definition) is 2. The summed E-state index contributed by atoms with van der Waals surface area (Å²) in [6, 6.07) is -6.33. The average Bonchev–Trinajstić information content (AvgIpc) is 3.74. The molecule has 0 amide bonds. The van der Waals surface area contributed by atoms with Crippen LogP contribution in [-0.4, -0.2) is 0 Å². The normalized spacial score (nSPS) is 18.0. The molecule has 0 unspecified atom stereocenters. The maximum absolute atomic E-state index is 9.56. The second kappa shape index (κ2) is 11.8. The molecule has 2 heteroatoms. The van der Waals surface area contributed by atoms with E-state index in [9.17, 15) is 5.48 Å². The maximum atomic E-state index is 9.56. The lowest BCUT2D eigenvalue weighted by Crippen LogP contribution is -2.10. The first-order chi connectivity index (χ1) is 33.4. The predicted molar refractivity (Wildman–Crippen MR) is 202 cm³/mol. The lowest BCUT2D eigenvalue weighted by atomic mass is 9.95. The van der Waals surface area contributed by atoms with Crippen LogP contribution in [0.4, 0.5) is 17.1 Å². The van der Waals surface area contributed by atoms with Crippen molar-refractivity contribution in [2.45, 2.75) is 0 Å². The van der Waals surface area contributed by atoms with E-state index in [-0.39, 0.29) is 38.8 Å². The van der Waals surface area contributed by atoms with Gasteiger partial charge in [-0.05, 0) is 81.1 Å². The molecule has 0 bridgehead atoms. The van der Waals surface area contributed by atoms with Gasteiger partial charge in [0.1, 0.15) is 11.2 Å².